The number of carbonyl (C=O) groups is 1. The fourth-order valence-corrected chi connectivity index (χ4v) is 4.83. The van der Waals surface area contributed by atoms with Gasteiger partial charge in [-0.1, -0.05) is 32.0 Å². The number of rotatable bonds is 8. The molecular weight excluding hydrogens is 384 g/mol. The molecule has 1 aromatic carbocycles. The molecule has 0 aliphatic carbocycles. The number of carbonyl (C=O) groups excluding carboxylic acids is 1. The number of para-hydroxylation sites is 1. The van der Waals surface area contributed by atoms with Gasteiger partial charge in [-0.3, -0.25) is 4.79 Å². The highest BCUT2D eigenvalue weighted by Crippen LogP contribution is 2.35. The monoisotopic (exact) mass is 414 g/mol. The SMILES string of the molecule is CCOC1=NN(c2ccccc2)C(=O)C1Cc1sc(N(CC)CC)nc1C(C)C. The van der Waals surface area contributed by atoms with Gasteiger partial charge in [0.2, 0.25) is 5.90 Å². The maximum Gasteiger partial charge on any atom is 0.260 e. The van der Waals surface area contributed by atoms with Crippen molar-refractivity contribution in [1.29, 1.82) is 0 Å². The summed E-state index contributed by atoms with van der Waals surface area (Å²) < 4.78 is 5.77. The first kappa shape index (κ1) is 21.3. The highest BCUT2D eigenvalue weighted by atomic mass is 32.1. The van der Waals surface area contributed by atoms with Crippen molar-refractivity contribution >= 4 is 34.0 Å². The average molecular weight is 415 g/mol. The van der Waals surface area contributed by atoms with E-state index in [0.717, 1.165) is 34.5 Å². The number of amides is 1. The molecule has 0 saturated carbocycles. The lowest BCUT2D eigenvalue weighted by Gasteiger charge is -2.16. The summed E-state index contributed by atoms with van der Waals surface area (Å²) in [4.78, 5) is 21.5. The molecule has 0 fully saturated rings. The van der Waals surface area contributed by atoms with Gasteiger partial charge in [-0.05, 0) is 38.8 Å². The van der Waals surface area contributed by atoms with Crippen molar-refractivity contribution in [3.63, 3.8) is 0 Å². The van der Waals surface area contributed by atoms with Crippen LogP contribution in [0.15, 0.2) is 35.4 Å². The molecule has 2 aromatic rings. The minimum absolute atomic E-state index is 0.0489. The number of hydrogen-bond acceptors (Lipinski definition) is 6. The molecule has 29 heavy (non-hydrogen) atoms. The Morgan fingerprint density at radius 3 is 2.45 bits per heavy atom. The Morgan fingerprint density at radius 1 is 1.17 bits per heavy atom. The highest BCUT2D eigenvalue weighted by Gasteiger charge is 2.39. The number of anilines is 2. The number of nitrogens with zero attached hydrogens (tertiary/aromatic N) is 4. The van der Waals surface area contributed by atoms with Crippen LogP contribution in [0.4, 0.5) is 10.8 Å². The lowest BCUT2D eigenvalue weighted by atomic mass is 10.00. The standard InChI is InChI=1S/C22H30N4O2S/c1-6-25(7-2)22-23-19(15(4)5)18(29-22)14-17-20(28-8-3)24-26(21(17)27)16-12-10-9-11-13-16/h9-13,15,17H,6-8,14H2,1-5H3. The molecule has 2 heterocycles. The van der Waals surface area contributed by atoms with Crippen LogP contribution in [0.3, 0.4) is 0 Å². The Kier molecular flexibility index (Phi) is 6.90. The third-order valence-electron chi connectivity index (χ3n) is 4.98. The third kappa shape index (κ3) is 4.45. The van der Waals surface area contributed by atoms with Crippen molar-refractivity contribution in [2.75, 3.05) is 29.6 Å². The maximum absolute atomic E-state index is 13.2. The van der Waals surface area contributed by atoms with E-state index in [4.69, 9.17) is 9.72 Å². The quantitative estimate of drug-likeness (QED) is 0.630. The van der Waals surface area contributed by atoms with Gasteiger partial charge in [-0.25, -0.2) is 4.98 Å². The Labute approximate surface area is 177 Å². The second kappa shape index (κ2) is 9.39. The second-order valence-electron chi connectivity index (χ2n) is 7.25. The summed E-state index contributed by atoms with van der Waals surface area (Å²) in [6.45, 7) is 12.8. The minimum atomic E-state index is -0.419. The van der Waals surface area contributed by atoms with Crippen LogP contribution in [-0.2, 0) is 16.0 Å². The van der Waals surface area contributed by atoms with Gasteiger partial charge in [-0.2, -0.15) is 5.01 Å². The first-order valence-corrected chi connectivity index (χ1v) is 11.2. The third-order valence-corrected chi connectivity index (χ3v) is 6.14. The van der Waals surface area contributed by atoms with E-state index in [0.29, 0.717) is 24.8 Å². The fourth-order valence-electron chi connectivity index (χ4n) is 3.44. The van der Waals surface area contributed by atoms with Gasteiger partial charge in [-0.15, -0.1) is 16.4 Å². The van der Waals surface area contributed by atoms with Crippen molar-refractivity contribution in [3.8, 4) is 0 Å². The molecule has 0 N–H and O–H groups in total. The van der Waals surface area contributed by atoms with Crippen molar-refractivity contribution in [2.45, 2.75) is 47.0 Å². The topological polar surface area (TPSA) is 58.0 Å². The summed E-state index contributed by atoms with van der Waals surface area (Å²) in [6.07, 6.45) is 0.563. The molecule has 1 aliphatic heterocycles. The van der Waals surface area contributed by atoms with Crippen LogP contribution in [-0.4, -0.2) is 36.5 Å². The molecular formula is C22H30N4O2S. The van der Waals surface area contributed by atoms with Gasteiger partial charge in [0.1, 0.15) is 5.92 Å². The van der Waals surface area contributed by atoms with Gasteiger partial charge in [0, 0.05) is 24.4 Å². The van der Waals surface area contributed by atoms with E-state index < -0.39 is 5.92 Å². The molecule has 1 aliphatic rings. The summed E-state index contributed by atoms with van der Waals surface area (Å²) in [5.41, 5.74) is 1.83. The average Bonchev–Trinajstić information content (AvgIpc) is 3.27. The summed E-state index contributed by atoms with van der Waals surface area (Å²) in [5, 5.41) is 7.00. The number of hydrazone groups is 1. The molecule has 0 radical (unpaired) electrons. The molecule has 0 saturated heterocycles. The molecule has 1 amide bonds. The lowest BCUT2D eigenvalue weighted by Crippen LogP contribution is -2.29. The van der Waals surface area contributed by atoms with E-state index in [9.17, 15) is 4.79 Å². The normalized spacial score (nSPS) is 16.5. The predicted octanol–water partition coefficient (Wildman–Crippen LogP) is 4.67. The van der Waals surface area contributed by atoms with E-state index >= 15 is 0 Å². The number of hydrogen-bond donors (Lipinski definition) is 0. The van der Waals surface area contributed by atoms with Gasteiger partial charge in [0.25, 0.3) is 5.91 Å². The lowest BCUT2D eigenvalue weighted by molar-refractivity contribution is -0.119. The van der Waals surface area contributed by atoms with Gasteiger partial charge < -0.3 is 9.64 Å². The zero-order chi connectivity index (χ0) is 21.0. The van der Waals surface area contributed by atoms with Gasteiger partial charge in [0.15, 0.2) is 5.13 Å². The van der Waals surface area contributed by atoms with Crippen molar-refractivity contribution in [3.05, 3.63) is 40.9 Å². The second-order valence-corrected chi connectivity index (χ2v) is 8.31. The molecule has 6 nitrogen and oxygen atoms in total. The van der Waals surface area contributed by atoms with Crippen LogP contribution in [0.25, 0.3) is 0 Å². The van der Waals surface area contributed by atoms with Crippen molar-refractivity contribution in [1.82, 2.24) is 4.98 Å². The molecule has 3 rings (SSSR count). The number of benzene rings is 1. The molecule has 1 atom stereocenters. The van der Waals surface area contributed by atoms with Crippen molar-refractivity contribution < 1.29 is 9.53 Å². The zero-order valence-corrected chi connectivity index (χ0v) is 18.7. The Morgan fingerprint density at radius 2 is 1.86 bits per heavy atom. The first-order chi connectivity index (χ1) is 14.0. The largest absolute Gasteiger partial charge is 0.479 e. The fraction of sp³-hybridized carbons (Fsp3) is 0.500. The number of ether oxygens (including phenoxy) is 1. The van der Waals surface area contributed by atoms with Crippen molar-refractivity contribution in [2.24, 2.45) is 11.0 Å². The smallest absolute Gasteiger partial charge is 0.260 e. The van der Waals surface area contributed by atoms with E-state index in [1.807, 2.05) is 37.3 Å². The highest BCUT2D eigenvalue weighted by molar-refractivity contribution is 7.15. The first-order valence-electron chi connectivity index (χ1n) is 10.3. The molecule has 0 spiro atoms. The predicted molar refractivity (Wildman–Crippen MR) is 120 cm³/mol. The van der Waals surface area contributed by atoms with Crippen LogP contribution in [0, 0.1) is 5.92 Å². The molecule has 1 aromatic heterocycles. The van der Waals surface area contributed by atoms with Crippen LogP contribution < -0.4 is 9.91 Å². The summed E-state index contributed by atoms with van der Waals surface area (Å²) in [5.74, 6) is 0.318. The molecule has 1 unspecified atom stereocenters. The van der Waals surface area contributed by atoms with E-state index in [-0.39, 0.29) is 5.91 Å². The Bertz CT molecular complexity index is 859. The van der Waals surface area contributed by atoms with Gasteiger partial charge in [0.05, 0.1) is 18.0 Å². The van der Waals surface area contributed by atoms with Crippen LogP contribution in [0.5, 0.6) is 0 Å². The molecule has 156 valence electrons. The zero-order valence-electron chi connectivity index (χ0n) is 17.9. The van der Waals surface area contributed by atoms with E-state index in [1.165, 1.54) is 5.01 Å². The van der Waals surface area contributed by atoms with Crippen LogP contribution in [0.1, 0.15) is 51.1 Å². The van der Waals surface area contributed by atoms with Gasteiger partial charge >= 0.3 is 0 Å². The van der Waals surface area contributed by atoms with Crippen LogP contribution >= 0.6 is 11.3 Å². The maximum atomic E-state index is 13.2. The summed E-state index contributed by atoms with van der Waals surface area (Å²) in [6, 6.07) is 9.51. The molecule has 0 bridgehead atoms. The minimum Gasteiger partial charge on any atom is -0.479 e. The van der Waals surface area contributed by atoms with E-state index in [2.05, 4.69) is 37.7 Å². The number of aromatic nitrogens is 1. The summed E-state index contributed by atoms with van der Waals surface area (Å²) >= 11 is 1.68. The Balaban J connectivity index is 1.92. The number of thiazole rings is 1. The molecule has 7 heteroatoms. The van der Waals surface area contributed by atoms with E-state index in [1.54, 1.807) is 11.3 Å². The Hall–Kier alpha value is -2.41. The summed E-state index contributed by atoms with van der Waals surface area (Å²) in [7, 11) is 0. The van der Waals surface area contributed by atoms with Crippen LogP contribution in [0.2, 0.25) is 0 Å².